The van der Waals surface area contributed by atoms with Gasteiger partial charge in [0.2, 0.25) is 0 Å². The maximum atomic E-state index is 9.37. The number of nitrogens with one attached hydrogen (secondary N) is 1. The van der Waals surface area contributed by atoms with Crippen LogP contribution >= 0.6 is 0 Å². The molecule has 2 aromatic carbocycles. The third-order valence-corrected chi connectivity index (χ3v) is 3.91. The number of rotatable bonds is 4. The van der Waals surface area contributed by atoms with Gasteiger partial charge in [0.05, 0.1) is 13.3 Å². The van der Waals surface area contributed by atoms with Crippen LogP contribution in [0.1, 0.15) is 0 Å². The summed E-state index contributed by atoms with van der Waals surface area (Å²) in [5.41, 5.74) is 3.57. The van der Waals surface area contributed by atoms with Crippen molar-refractivity contribution in [3.8, 4) is 22.6 Å². The van der Waals surface area contributed by atoms with Crippen LogP contribution < -0.4 is 10.1 Å². The lowest BCUT2D eigenvalue weighted by Crippen LogP contribution is -1.97. The van der Waals surface area contributed by atoms with Crippen LogP contribution in [-0.4, -0.2) is 26.8 Å². The fraction of sp³-hybridized carbons (Fsp3) is 0.0526. The van der Waals surface area contributed by atoms with Gasteiger partial charge in [-0.2, -0.15) is 5.10 Å². The van der Waals surface area contributed by atoms with Crippen molar-refractivity contribution in [2.75, 3.05) is 12.4 Å². The first-order chi connectivity index (χ1) is 12.2. The molecule has 6 nitrogen and oxygen atoms in total. The first kappa shape index (κ1) is 15.0. The van der Waals surface area contributed by atoms with E-state index in [-0.39, 0.29) is 5.75 Å². The summed E-state index contributed by atoms with van der Waals surface area (Å²) in [6.45, 7) is 0. The average molecular weight is 332 g/mol. The molecule has 2 N–H and O–H groups in total. The molecule has 25 heavy (non-hydrogen) atoms. The fourth-order valence-electron chi connectivity index (χ4n) is 2.61. The number of methoxy groups -OCH3 is 1. The van der Waals surface area contributed by atoms with E-state index in [9.17, 15) is 5.11 Å². The van der Waals surface area contributed by atoms with E-state index < -0.39 is 0 Å². The Hall–Kier alpha value is -3.54. The normalized spacial score (nSPS) is 10.8. The number of phenolic OH excluding ortho intramolecular Hbond substituents is 1. The minimum absolute atomic E-state index is 0.228. The van der Waals surface area contributed by atoms with Crippen LogP contribution in [0.2, 0.25) is 0 Å². The summed E-state index contributed by atoms with van der Waals surface area (Å²) in [6.07, 6.45) is 3.66. The molecule has 0 atom stereocenters. The van der Waals surface area contributed by atoms with Crippen molar-refractivity contribution in [2.45, 2.75) is 0 Å². The number of anilines is 2. The van der Waals surface area contributed by atoms with Gasteiger partial charge in [0.25, 0.3) is 0 Å². The second-order valence-corrected chi connectivity index (χ2v) is 5.54. The number of aromatic hydroxyl groups is 1. The Kier molecular flexibility index (Phi) is 3.70. The second kappa shape index (κ2) is 6.16. The number of hydrogen-bond acceptors (Lipinski definition) is 5. The Balaban J connectivity index is 1.70. The van der Waals surface area contributed by atoms with Crippen LogP contribution in [0.5, 0.6) is 11.5 Å². The van der Waals surface area contributed by atoms with E-state index in [4.69, 9.17) is 4.74 Å². The molecule has 124 valence electrons. The van der Waals surface area contributed by atoms with E-state index in [1.165, 1.54) is 0 Å². The highest BCUT2D eigenvalue weighted by Crippen LogP contribution is 2.26. The molecule has 6 heteroatoms. The highest BCUT2D eigenvalue weighted by Gasteiger charge is 2.09. The molecule has 0 aliphatic heterocycles. The molecule has 0 fully saturated rings. The van der Waals surface area contributed by atoms with Crippen LogP contribution in [0.15, 0.2) is 67.0 Å². The van der Waals surface area contributed by atoms with Gasteiger partial charge in [-0.1, -0.05) is 12.1 Å². The number of ether oxygens (including phenoxy) is 1. The molecule has 4 aromatic rings. The average Bonchev–Trinajstić information content (AvgIpc) is 3.07. The zero-order chi connectivity index (χ0) is 17.2. The van der Waals surface area contributed by atoms with Gasteiger partial charge in [0.1, 0.15) is 17.3 Å². The number of fused-ring (bicyclic) bond motifs is 1. The van der Waals surface area contributed by atoms with Crippen molar-refractivity contribution in [2.24, 2.45) is 0 Å². The Bertz CT molecular complexity index is 1010. The van der Waals surface area contributed by atoms with Crippen molar-refractivity contribution in [1.29, 1.82) is 0 Å². The lowest BCUT2D eigenvalue weighted by molar-refractivity contribution is 0.415. The van der Waals surface area contributed by atoms with Gasteiger partial charge in [-0.25, -0.2) is 9.50 Å². The summed E-state index contributed by atoms with van der Waals surface area (Å²) in [4.78, 5) is 4.67. The van der Waals surface area contributed by atoms with Crippen LogP contribution in [0.3, 0.4) is 0 Å². The molecular weight excluding hydrogens is 316 g/mol. The number of nitrogens with zero attached hydrogens (tertiary/aromatic N) is 3. The molecule has 0 saturated carbocycles. The first-order valence-corrected chi connectivity index (χ1v) is 7.78. The van der Waals surface area contributed by atoms with Crippen molar-refractivity contribution in [3.63, 3.8) is 0 Å². The minimum atomic E-state index is 0.228. The number of aromatic nitrogens is 3. The van der Waals surface area contributed by atoms with Crippen molar-refractivity contribution in [3.05, 3.63) is 67.0 Å². The summed E-state index contributed by atoms with van der Waals surface area (Å²) in [6, 6.07) is 16.5. The van der Waals surface area contributed by atoms with Crippen LogP contribution in [0, 0.1) is 0 Å². The second-order valence-electron chi connectivity index (χ2n) is 5.54. The van der Waals surface area contributed by atoms with Gasteiger partial charge in [-0.15, -0.1) is 0 Å². The molecule has 0 spiro atoms. The largest absolute Gasteiger partial charge is 0.508 e. The van der Waals surface area contributed by atoms with E-state index in [1.54, 1.807) is 42.1 Å². The third-order valence-electron chi connectivity index (χ3n) is 3.91. The maximum absolute atomic E-state index is 9.37. The van der Waals surface area contributed by atoms with Gasteiger partial charge in [0.15, 0.2) is 5.65 Å². The van der Waals surface area contributed by atoms with Gasteiger partial charge in [-0.05, 0) is 48.0 Å². The SMILES string of the molecule is COc1ccc(-c2cnn3ccc(Nc4ccc(O)cc4)nc23)cc1. The smallest absolute Gasteiger partial charge is 0.165 e. The van der Waals surface area contributed by atoms with E-state index in [0.29, 0.717) is 5.82 Å². The highest BCUT2D eigenvalue weighted by atomic mass is 16.5. The lowest BCUT2D eigenvalue weighted by atomic mass is 10.1. The number of benzene rings is 2. The summed E-state index contributed by atoms with van der Waals surface area (Å²) in [5, 5.41) is 17.0. The summed E-state index contributed by atoms with van der Waals surface area (Å²) in [7, 11) is 1.65. The molecule has 4 rings (SSSR count). The molecule has 0 unspecified atom stereocenters. The molecule has 0 bridgehead atoms. The summed E-state index contributed by atoms with van der Waals surface area (Å²) in [5.74, 6) is 1.74. The van der Waals surface area contributed by atoms with E-state index >= 15 is 0 Å². The van der Waals surface area contributed by atoms with E-state index in [0.717, 1.165) is 28.2 Å². The molecule has 0 aliphatic rings. The topological polar surface area (TPSA) is 71.7 Å². The van der Waals surface area contributed by atoms with Gasteiger partial charge in [0, 0.05) is 17.4 Å². The number of phenols is 1. The zero-order valence-electron chi connectivity index (χ0n) is 13.5. The molecule has 0 saturated heterocycles. The Morgan fingerprint density at radius 3 is 2.48 bits per heavy atom. The van der Waals surface area contributed by atoms with Crippen molar-refractivity contribution in [1.82, 2.24) is 14.6 Å². The Labute approximate surface area is 144 Å². The zero-order valence-corrected chi connectivity index (χ0v) is 13.5. The first-order valence-electron chi connectivity index (χ1n) is 7.78. The molecular formula is C19H16N4O2. The van der Waals surface area contributed by atoms with Crippen molar-refractivity contribution >= 4 is 17.2 Å². The number of hydrogen-bond donors (Lipinski definition) is 2. The van der Waals surface area contributed by atoms with Gasteiger partial charge >= 0.3 is 0 Å². The van der Waals surface area contributed by atoms with E-state index in [2.05, 4.69) is 15.4 Å². The van der Waals surface area contributed by atoms with Crippen LogP contribution in [-0.2, 0) is 0 Å². The predicted molar refractivity (Wildman–Crippen MR) is 96.4 cm³/mol. The summed E-state index contributed by atoms with van der Waals surface area (Å²) >= 11 is 0. The molecule has 0 amide bonds. The van der Waals surface area contributed by atoms with Crippen LogP contribution in [0.4, 0.5) is 11.5 Å². The molecule has 0 aliphatic carbocycles. The quantitative estimate of drug-likeness (QED) is 0.555. The Morgan fingerprint density at radius 1 is 1.00 bits per heavy atom. The predicted octanol–water partition coefficient (Wildman–Crippen LogP) is 3.85. The Morgan fingerprint density at radius 2 is 1.76 bits per heavy atom. The highest BCUT2D eigenvalue weighted by molar-refractivity contribution is 5.78. The minimum Gasteiger partial charge on any atom is -0.508 e. The fourth-order valence-corrected chi connectivity index (χ4v) is 2.61. The lowest BCUT2D eigenvalue weighted by Gasteiger charge is -2.07. The standard InChI is InChI=1S/C19H16N4O2/c1-25-16-8-2-13(3-9-16)17-12-20-23-11-10-18(22-19(17)23)21-14-4-6-15(24)7-5-14/h2-12,24H,1H3,(H,21,22). The van der Waals surface area contributed by atoms with Gasteiger partial charge < -0.3 is 15.2 Å². The van der Waals surface area contributed by atoms with Gasteiger partial charge in [-0.3, -0.25) is 0 Å². The van der Waals surface area contributed by atoms with Crippen molar-refractivity contribution < 1.29 is 9.84 Å². The van der Waals surface area contributed by atoms with Crippen LogP contribution in [0.25, 0.3) is 16.8 Å². The third kappa shape index (κ3) is 2.97. The molecule has 0 radical (unpaired) electrons. The van der Waals surface area contributed by atoms with E-state index in [1.807, 2.05) is 36.5 Å². The molecule has 2 aromatic heterocycles. The monoisotopic (exact) mass is 332 g/mol. The summed E-state index contributed by atoms with van der Waals surface area (Å²) < 4.78 is 6.94. The maximum Gasteiger partial charge on any atom is 0.165 e. The molecule has 2 heterocycles.